The molecule has 7 nitrogen and oxygen atoms in total. The predicted molar refractivity (Wildman–Crippen MR) is 76.9 cm³/mol. The summed E-state index contributed by atoms with van der Waals surface area (Å²) < 4.78 is 22.7. The van der Waals surface area contributed by atoms with Crippen molar-refractivity contribution in [1.82, 2.24) is 0 Å². The van der Waals surface area contributed by atoms with Gasteiger partial charge in [-0.3, -0.25) is 4.79 Å². The smallest absolute Gasteiger partial charge is 0.242 e. The molecule has 1 unspecified atom stereocenters. The second kappa shape index (κ2) is 6.10. The van der Waals surface area contributed by atoms with E-state index in [1.807, 2.05) is 0 Å². The van der Waals surface area contributed by atoms with Gasteiger partial charge in [0.15, 0.2) is 15.7 Å². The number of hydrogen-bond donors (Lipinski definition) is 3. The van der Waals surface area contributed by atoms with Gasteiger partial charge in [-0.25, -0.2) is 8.42 Å². The number of amidine groups is 1. The van der Waals surface area contributed by atoms with Crippen LogP contribution in [0.2, 0.25) is 5.02 Å². The number of nitrogens with zero attached hydrogens (tertiary/aromatic N) is 1. The lowest BCUT2D eigenvalue weighted by molar-refractivity contribution is -0.115. The Morgan fingerprint density at radius 1 is 1.50 bits per heavy atom. The fourth-order valence-electron chi connectivity index (χ4n) is 1.33. The fraction of sp³-hybridized carbons (Fsp3) is 0.273. The number of sulfone groups is 1. The van der Waals surface area contributed by atoms with E-state index >= 15 is 0 Å². The molecule has 1 rings (SSSR count). The van der Waals surface area contributed by atoms with Gasteiger partial charge in [0.25, 0.3) is 0 Å². The first-order chi connectivity index (χ1) is 9.16. The summed E-state index contributed by atoms with van der Waals surface area (Å²) >= 11 is 5.80. The second-order valence-corrected chi connectivity index (χ2v) is 6.94. The Hall–Kier alpha value is -1.80. The number of halogens is 1. The third-order valence-electron chi connectivity index (χ3n) is 2.63. The minimum Gasteiger partial charge on any atom is -0.409 e. The highest BCUT2D eigenvalue weighted by molar-refractivity contribution is 7.92. The van der Waals surface area contributed by atoms with Gasteiger partial charge in [0.05, 0.1) is 5.69 Å². The normalized spacial score (nSPS) is 13.8. The summed E-state index contributed by atoms with van der Waals surface area (Å²) in [5.74, 6) is -0.967. The number of carbonyl (C=O) groups is 1. The largest absolute Gasteiger partial charge is 0.409 e. The van der Waals surface area contributed by atoms with E-state index in [0.717, 1.165) is 6.26 Å². The molecule has 0 fully saturated rings. The van der Waals surface area contributed by atoms with Crippen molar-refractivity contribution in [3.63, 3.8) is 0 Å². The maximum atomic E-state index is 11.9. The molecule has 0 spiro atoms. The Bertz CT molecular complexity index is 658. The van der Waals surface area contributed by atoms with Crippen molar-refractivity contribution in [3.8, 4) is 0 Å². The summed E-state index contributed by atoms with van der Waals surface area (Å²) in [7, 11) is -3.53. The fourth-order valence-corrected chi connectivity index (χ4v) is 1.95. The number of nitrogens with two attached hydrogens (primary N) is 1. The van der Waals surface area contributed by atoms with Crippen LogP contribution < -0.4 is 11.1 Å². The van der Waals surface area contributed by atoms with Gasteiger partial charge in [-0.05, 0) is 25.1 Å². The van der Waals surface area contributed by atoms with Gasteiger partial charge >= 0.3 is 0 Å². The summed E-state index contributed by atoms with van der Waals surface area (Å²) in [5.41, 5.74) is 5.86. The SMILES string of the molecule is CC(C(=O)Nc1cc(Cl)ccc1/C(N)=N/O)S(C)(=O)=O. The molecule has 0 aliphatic carbocycles. The van der Waals surface area contributed by atoms with Crippen molar-refractivity contribution in [2.45, 2.75) is 12.2 Å². The number of benzene rings is 1. The molecule has 1 amide bonds. The molecule has 0 aliphatic heterocycles. The number of nitrogens with one attached hydrogen (secondary N) is 1. The molecule has 0 heterocycles. The topological polar surface area (TPSA) is 122 Å². The highest BCUT2D eigenvalue weighted by Gasteiger charge is 2.24. The summed E-state index contributed by atoms with van der Waals surface area (Å²) in [4.78, 5) is 11.9. The van der Waals surface area contributed by atoms with E-state index in [1.54, 1.807) is 0 Å². The minimum absolute atomic E-state index is 0.160. The highest BCUT2D eigenvalue weighted by atomic mass is 35.5. The lowest BCUT2D eigenvalue weighted by Crippen LogP contribution is -2.32. The zero-order valence-corrected chi connectivity index (χ0v) is 12.4. The summed E-state index contributed by atoms with van der Waals surface area (Å²) in [6.07, 6.45) is 0.958. The Balaban J connectivity index is 3.15. The molecular weight excluding hydrogens is 306 g/mol. The Morgan fingerprint density at radius 2 is 2.10 bits per heavy atom. The van der Waals surface area contributed by atoms with Crippen molar-refractivity contribution >= 4 is 38.9 Å². The lowest BCUT2D eigenvalue weighted by Gasteiger charge is -2.13. The van der Waals surface area contributed by atoms with Crippen LogP contribution in [0, 0.1) is 0 Å². The van der Waals surface area contributed by atoms with E-state index in [9.17, 15) is 13.2 Å². The Morgan fingerprint density at radius 3 is 2.60 bits per heavy atom. The van der Waals surface area contributed by atoms with Crippen LogP contribution in [0.15, 0.2) is 23.4 Å². The van der Waals surface area contributed by atoms with Crippen LogP contribution in [-0.4, -0.2) is 36.9 Å². The van der Waals surface area contributed by atoms with Gasteiger partial charge in [0, 0.05) is 16.8 Å². The summed E-state index contributed by atoms with van der Waals surface area (Å²) in [6, 6.07) is 4.31. The van der Waals surface area contributed by atoms with Crippen LogP contribution in [0.3, 0.4) is 0 Å². The molecule has 0 radical (unpaired) electrons. The average Bonchev–Trinajstić information content (AvgIpc) is 2.36. The van der Waals surface area contributed by atoms with E-state index in [-0.39, 0.29) is 17.1 Å². The Kier molecular flexibility index (Phi) is 4.96. The van der Waals surface area contributed by atoms with E-state index in [2.05, 4.69) is 10.5 Å². The quantitative estimate of drug-likeness (QED) is 0.328. The van der Waals surface area contributed by atoms with E-state index < -0.39 is 21.0 Å². The van der Waals surface area contributed by atoms with Crippen LogP contribution in [0.4, 0.5) is 5.69 Å². The maximum Gasteiger partial charge on any atom is 0.242 e. The Labute approximate surface area is 121 Å². The van der Waals surface area contributed by atoms with E-state index in [0.29, 0.717) is 5.02 Å². The highest BCUT2D eigenvalue weighted by Crippen LogP contribution is 2.21. The van der Waals surface area contributed by atoms with Gasteiger partial charge in [0.2, 0.25) is 5.91 Å². The van der Waals surface area contributed by atoms with Crippen LogP contribution >= 0.6 is 11.6 Å². The standard InChI is InChI=1S/C11H14ClN3O4S/c1-6(20(2,18)19)11(16)14-9-5-7(12)3-4-8(9)10(13)15-17/h3-6,17H,1-2H3,(H2,13,15)(H,14,16). The molecule has 9 heteroatoms. The molecule has 0 saturated carbocycles. The zero-order chi connectivity index (χ0) is 15.5. The molecule has 1 aromatic rings. The molecule has 110 valence electrons. The third kappa shape index (κ3) is 3.84. The predicted octanol–water partition coefficient (Wildman–Crippen LogP) is 0.806. The monoisotopic (exact) mass is 319 g/mol. The van der Waals surface area contributed by atoms with Crippen LogP contribution in [-0.2, 0) is 14.6 Å². The molecule has 1 aromatic carbocycles. The average molecular weight is 320 g/mol. The molecule has 0 bridgehead atoms. The van der Waals surface area contributed by atoms with Crippen molar-refractivity contribution in [2.75, 3.05) is 11.6 Å². The van der Waals surface area contributed by atoms with E-state index in [1.165, 1.54) is 25.1 Å². The van der Waals surface area contributed by atoms with E-state index in [4.69, 9.17) is 22.5 Å². The molecular formula is C11H14ClN3O4S. The molecule has 1 atom stereocenters. The number of carbonyl (C=O) groups excluding carboxylic acids is 1. The van der Waals surface area contributed by atoms with Gasteiger partial charge in [-0.15, -0.1) is 0 Å². The molecule has 20 heavy (non-hydrogen) atoms. The second-order valence-electron chi connectivity index (χ2n) is 4.14. The number of rotatable bonds is 4. The van der Waals surface area contributed by atoms with Crippen molar-refractivity contribution < 1.29 is 18.4 Å². The summed E-state index contributed by atoms with van der Waals surface area (Å²) in [6.45, 7) is 1.26. The first kappa shape index (κ1) is 16.3. The van der Waals surface area contributed by atoms with Crippen LogP contribution in [0.1, 0.15) is 12.5 Å². The molecule has 0 saturated heterocycles. The number of hydrogen-bond acceptors (Lipinski definition) is 5. The minimum atomic E-state index is -3.53. The maximum absolute atomic E-state index is 11.9. The zero-order valence-electron chi connectivity index (χ0n) is 10.8. The summed E-state index contributed by atoms with van der Waals surface area (Å²) in [5, 5.41) is 13.0. The van der Waals surface area contributed by atoms with Gasteiger partial charge in [-0.1, -0.05) is 16.8 Å². The first-order valence-electron chi connectivity index (χ1n) is 5.44. The van der Waals surface area contributed by atoms with Crippen LogP contribution in [0.25, 0.3) is 0 Å². The van der Waals surface area contributed by atoms with Crippen molar-refractivity contribution in [3.05, 3.63) is 28.8 Å². The third-order valence-corrected chi connectivity index (χ3v) is 4.37. The lowest BCUT2D eigenvalue weighted by atomic mass is 10.1. The first-order valence-corrected chi connectivity index (χ1v) is 7.77. The van der Waals surface area contributed by atoms with Gasteiger partial charge < -0.3 is 16.3 Å². The molecule has 4 N–H and O–H groups in total. The van der Waals surface area contributed by atoms with Crippen molar-refractivity contribution in [2.24, 2.45) is 10.9 Å². The van der Waals surface area contributed by atoms with Gasteiger partial charge in [-0.2, -0.15) is 0 Å². The van der Waals surface area contributed by atoms with Crippen molar-refractivity contribution in [1.29, 1.82) is 0 Å². The van der Waals surface area contributed by atoms with Gasteiger partial charge in [0.1, 0.15) is 5.25 Å². The number of amides is 1. The number of oxime groups is 1. The number of anilines is 1. The molecule has 0 aromatic heterocycles. The van der Waals surface area contributed by atoms with Crippen LogP contribution in [0.5, 0.6) is 0 Å². The molecule has 0 aliphatic rings.